The van der Waals surface area contributed by atoms with Gasteiger partial charge in [-0.1, -0.05) is 24.3 Å². The van der Waals surface area contributed by atoms with Crippen molar-refractivity contribution in [1.29, 1.82) is 0 Å². The Morgan fingerprint density at radius 1 is 1.26 bits per heavy atom. The summed E-state index contributed by atoms with van der Waals surface area (Å²) in [5.74, 6) is 0.684. The molecule has 3 heteroatoms. The third kappa shape index (κ3) is 4.03. The number of ether oxygens (including phenoxy) is 2. The van der Waals surface area contributed by atoms with E-state index >= 15 is 0 Å². The Morgan fingerprint density at radius 2 is 1.95 bits per heavy atom. The molecule has 106 valence electrons. The van der Waals surface area contributed by atoms with E-state index in [2.05, 4.69) is 36.6 Å². The second kappa shape index (κ2) is 7.63. The molecule has 0 aromatic heterocycles. The maximum Gasteiger partial charge on any atom is 0.0502 e. The van der Waals surface area contributed by atoms with Crippen LogP contribution in [0.2, 0.25) is 0 Å². The van der Waals surface area contributed by atoms with E-state index in [0.717, 1.165) is 39.1 Å². The zero-order valence-electron chi connectivity index (χ0n) is 12.0. The quantitative estimate of drug-likeness (QED) is 0.855. The molecular weight excluding hydrogens is 238 g/mol. The molecule has 0 radical (unpaired) electrons. The second-order valence-electron chi connectivity index (χ2n) is 5.20. The molecule has 1 N–H and O–H groups in total. The van der Waals surface area contributed by atoms with Gasteiger partial charge >= 0.3 is 0 Å². The van der Waals surface area contributed by atoms with Gasteiger partial charge in [-0.15, -0.1) is 0 Å². The fraction of sp³-hybridized carbons (Fsp3) is 0.625. The summed E-state index contributed by atoms with van der Waals surface area (Å²) < 4.78 is 10.6. The highest BCUT2D eigenvalue weighted by Crippen LogP contribution is 2.29. The molecule has 0 aliphatic carbocycles. The molecule has 1 fully saturated rings. The average Bonchev–Trinajstić information content (AvgIpc) is 2.48. The van der Waals surface area contributed by atoms with Crippen LogP contribution < -0.4 is 5.32 Å². The summed E-state index contributed by atoms with van der Waals surface area (Å²) in [6.45, 7) is 2.58. The maximum absolute atomic E-state index is 5.45. The molecule has 19 heavy (non-hydrogen) atoms. The molecule has 0 bridgehead atoms. The van der Waals surface area contributed by atoms with Crippen molar-refractivity contribution >= 4 is 0 Å². The van der Waals surface area contributed by atoms with Gasteiger partial charge in [0.05, 0.1) is 6.61 Å². The van der Waals surface area contributed by atoms with Gasteiger partial charge in [-0.2, -0.15) is 0 Å². The molecule has 2 rings (SSSR count). The highest BCUT2D eigenvalue weighted by Gasteiger charge is 2.23. The van der Waals surface area contributed by atoms with Gasteiger partial charge in [-0.05, 0) is 43.4 Å². The maximum atomic E-state index is 5.45. The van der Waals surface area contributed by atoms with E-state index in [1.807, 2.05) is 0 Å². The Bertz CT molecular complexity index is 358. The monoisotopic (exact) mass is 263 g/mol. The van der Waals surface area contributed by atoms with Gasteiger partial charge in [0.25, 0.3) is 0 Å². The molecule has 1 unspecified atom stereocenters. The zero-order valence-corrected chi connectivity index (χ0v) is 12.0. The first-order chi connectivity index (χ1) is 9.35. The summed E-state index contributed by atoms with van der Waals surface area (Å²) >= 11 is 0. The van der Waals surface area contributed by atoms with Crippen LogP contribution in [0.4, 0.5) is 0 Å². The van der Waals surface area contributed by atoms with Crippen molar-refractivity contribution in [3.8, 4) is 0 Å². The number of benzene rings is 1. The zero-order chi connectivity index (χ0) is 13.5. The summed E-state index contributed by atoms with van der Waals surface area (Å²) in [7, 11) is 3.80. The smallest absolute Gasteiger partial charge is 0.0502 e. The van der Waals surface area contributed by atoms with Crippen molar-refractivity contribution in [3.05, 3.63) is 35.4 Å². The van der Waals surface area contributed by atoms with Crippen LogP contribution in [0.1, 0.15) is 30.0 Å². The fourth-order valence-electron chi connectivity index (χ4n) is 2.84. The van der Waals surface area contributed by atoms with E-state index in [-0.39, 0.29) is 0 Å². The van der Waals surface area contributed by atoms with E-state index in [0.29, 0.717) is 12.0 Å². The summed E-state index contributed by atoms with van der Waals surface area (Å²) in [6, 6.07) is 9.39. The van der Waals surface area contributed by atoms with Crippen molar-refractivity contribution < 1.29 is 9.47 Å². The number of hydrogen-bond donors (Lipinski definition) is 1. The molecule has 1 aromatic rings. The van der Waals surface area contributed by atoms with Gasteiger partial charge in [0.15, 0.2) is 0 Å². The van der Waals surface area contributed by atoms with Crippen LogP contribution in [0.25, 0.3) is 0 Å². The molecule has 0 saturated carbocycles. The molecule has 3 nitrogen and oxygen atoms in total. The molecule has 0 amide bonds. The lowest BCUT2D eigenvalue weighted by Gasteiger charge is -2.30. The Balaban J connectivity index is 2.01. The first-order valence-electron chi connectivity index (χ1n) is 7.18. The SMILES string of the molecule is CNC(c1ccc(CCOC)cc1)C1CCOCC1. The van der Waals surface area contributed by atoms with Gasteiger partial charge in [0.1, 0.15) is 0 Å². The van der Waals surface area contributed by atoms with Gasteiger partial charge in [-0.25, -0.2) is 0 Å². The van der Waals surface area contributed by atoms with Crippen LogP contribution in [0.15, 0.2) is 24.3 Å². The van der Waals surface area contributed by atoms with Crippen LogP contribution in [0, 0.1) is 5.92 Å². The van der Waals surface area contributed by atoms with Crippen LogP contribution in [0.3, 0.4) is 0 Å². The molecule has 1 atom stereocenters. The summed E-state index contributed by atoms with van der Waals surface area (Å²) in [6.07, 6.45) is 3.28. The minimum Gasteiger partial charge on any atom is -0.384 e. The molecule has 1 aliphatic heterocycles. The van der Waals surface area contributed by atoms with Gasteiger partial charge in [-0.3, -0.25) is 0 Å². The Hall–Kier alpha value is -0.900. The normalized spacial score (nSPS) is 18.4. The lowest BCUT2D eigenvalue weighted by Crippen LogP contribution is -2.29. The molecule has 1 saturated heterocycles. The van der Waals surface area contributed by atoms with Gasteiger partial charge in [0.2, 0.25) is 0 Å². The van der Waals surface area contributed by atoms with Crippen molar-refractivity contribution in [3.63, 3.8) is 0 Å². The predicted molar refractivity (Wildman–Crippen MR) is 77.4 cm³/mol. The van der Waals surface area contributed by atoms with Crippen LogP contribution in [-0.2, 0) is 15.9 Å². The minimum atomic E-state index is 0.445. The van der Waals surface area contributed by atoms with Crippen molar-refractivity contribution in [2.75, 3.05) is 34.0 Å². The summed E-state index contributed by atoms with van der Waals surface area (Å²) in [5, 5.41) is 3.47. The van der Waals surface area contributed by atoms with E-state index < -0.39 is 0 Å². The van der Waals surface area contributed by atoms with Crippen molar-refractivity contribution in [2.24, 2.45) is 5.92 Å². The van der Waals surface area contributed by atoms with E-state index in [1.54, 1.807) is 7.11 Å². The highest BCUT2D eigenvalue weighted by molar-refractivity contribution is 5.25. The molecule has 1 heterocycles. The third-order valence-corrected chi connectivity index (χ3v) is 3.98. The van der Waals surface area contributed by atoms with E-state index in [9.17, 15) is 0 Å². The van der Waals surface area contributed by atoms with Gasteiger partial charge in [0, 0.05) is 26.4 Å². The first-order valence-corrected chi connectivity index (χ1v) is 7.18. The van der Waals surface area contributed by atoms with E-state index in [4.69, 9.17) is 9.47 Å². The third-order valence-electron chi connectivity index (χ3n) is 3.98. The fourth-order valence-corrected chi connectivity index (χ4v) is 2.84. The molecule has 1 aliphatic rings. The Kier molecular flexibility index (Phi) is 5.83. The number of methoxy groups -OCH3 is 1. The van der Waals surface area contributed by atoms with Crippen LogP contribution in [-0.4, -0.2) is 34.0 Å². The largest absolute Gasteiger partial charge is 0.384 e. The summed E-state index contributed by atoms with van der Waals surface area (Å²) in [4.78, 5) is 0. The second-order valence-corrected chi connectivity index (χ2v) is 5.20. The molecule has 1 aromatic carbocycles. The number of rotatable bonds is 6. The lowest BCUT2D eigenvalue weighted by molar-refractivity contribution is 0.0546. The van der Waals surface area contributed by atoms with Gasteiger partial charge < -0.3 is 14.8 Å². The Labute approximate surface area is 116 Å². The Morgan fingerprint density at radius 3 is 2.53 bits per heavy atom. The van der Waals surface area contributed by atoms with E-state index in [1.165, 1.54) is 11.1 Å². The minimum absolute atomic E-state index is 0.445. The van der Waals surface area contributed by atoms with Crippen molar-refractivity contribution in [2.45, 2.75) is 25.3 Å². The molecule has 0 spiro atoms. The number of nitrogens with one attached hydrogen (secondary N) is 1. The topological polar surface area (TPSA) is 30.5 Å². The predicted octanol–water partition coefficient (Wildman–Crippen LogP) is 2.56. The van der Waals surface area contributed by atoms with Crippen molar-refractivity contribution in [1.82, 2.24) is 5.32 Å². The standard InChI is InChI=1S/C16H25NO2/c1-17-16(15-8-11-19-12-9-15)14-5-3-13(4-6-14)7-10-18-2/h3-6,15-17H,7-12H2,1-2H3. The lowest BCUT2D eigenvalue weighted by atomic mass is 9.87. The number of hydrogen-bond acceptors (Lipinski definition) is 3. The van der Waals surface area contributed by atoms with Crippen LogP contribution >= 0.6 is 0 Å². The highest BCUT2D eigenvalue weighted by atomic mass is 16.5. The average molecular weight is 263 g/mol. The summed E-state index contributed by atoms with van der Waals surface area (Å²) in [5.41, 5.74) is 2.72. The first kappa shape index (κ1) is 14.5. The molecular formula is C16H25NO2. The van der Waals surface area contributed by atoms with Crippen LogP contribution in [0.5, 0.6) is 0 Å².